The molecule has 1 aromatic carbocycles. The number of hydrogen-bond acceptors (Lipinski definition) is 6. The van der Waals surface area contributed by atoms with E-state index in [0.29, 0.717) is 23.1 Å². The number of benzene rings is 1. The molecule has 1 saturated carbocycles. The lowest BCUT2D eigenvalue weighted by molar-refractivity contribution is 0.267. The van der Waals surface area contributed by atoms with Crippen LogP contribution < -0.4 is 5.76 Å². The molecular weight excluding hydrogens is 488 g/mol. The molecule has 6 rings (SSSR count). The number of nitrogens with one attached hydrogen (secondary N) is 1. The van der Waals surface area contributed by atoms with Crippen LogP contribution in [0.25, 0.3) is 34.0 Å². The quantitative estimate of drug-likeness (QED) is 0.302. The maximum absolute atomic E-state index is 11.7. The fourth-order valence-corrected chi connectivity index (χ4v) is 5.48. The van der Waals surface area contributed by atoms with Gasteiger partial charge in [-0.15, -0.1) is 5.10 Å². The van der Waals surface area contributed by atoms with E-state index >= 15 is 0 Å². The van der Waals surface area contributed by atoms with Crippen molar-refractivity contribution in [3.63, 3.8) is 0 Å². The van der Waals surface area contributed by atoms with E-state index in [2.05, 4.69) is 45.0 Å². The topological polar surface area (TPSA) is 102 Å². The Morgan fingerprint density at radius 1 is 1.11 bits per heavy atom. The largest absolute Gasteiger partial charge is 0.434 e. The summed E-state index contributed by atoms with van der Waals surface area (Å²) in [5.41, 5.74) is 5.44. The molecule has 0 unspecified atom stereocenters. The van der Waals surface area contributed by atoms with Crippen LogP contribution in [0, 0.1) is 11.8 Å². The van der Waals surface area contributed by atoms with Gasteiger partial charge in [0.25, 0.3) is 5.89 Å². The fourth-order valence-electron chi connectivity index (χ4n) is 5.31. The van der Waals surface area contributed by atoms with Crippen LogP contribution in [-0.2, 0) is 13.0 Å². The van der Waals surface area contributed by atoms with Gasteiger partial charge in [0.05, 0.1) is 16.1 Å². The van der Waals surface area contributed by atoms with Gasteiger partial charge in [0.1, 0.15) is 5.69 Å². The molecule has 9 heteroatoms. The van der Waals surface area contributed by atoms with Gasteiger partial charge >= 0.3 is 5.76 Å². The molecule has 0 atom stereocenters. The summed E-state index contributed by atoms with van der Waals surface area (Å²) in [6.45, 7) is 3.23. The number of nitrogens with zero attached hydrogens (tertiary/aromatic N) is 5. The lowest BCUT2D eigenvalue weighted by Gasteiger charge is -2.26. The number of pyridine rings is 1. The van der Waals surface area contributed by atoms with E-state index < -0.39 is 5.76 Å². The molecule has 0 saturated heterocycles. The van der Waals surface area contributed by atoms with E-state index in [0.717, 1.165) is 34.6 Å². The second-order valence-corrected chi connectivity index (χ2v) is 10.4. The molecule has 37 heavy (non-hydrogen) atoms. The van der Waals surface area contributed by atoms with Crippen molar-refractivity contribution >= 4 is 22.6 Å². The number of H-pyrrole nitrogens is 1. The number of aromatic amines is 1. The Balaban J connectivity index is 1.56. The van der Waals surface area contributed by atoms with Gasteiger partial charge < -0.3 is 8.98 Å². The summed E-state index contributed by atoms with van der Waals surface area (Å²) >= 11 is 6.34. The van der Waals surface area contributed by atoms with Crippen LogP contribution in [0.2, 0.25) is 5.02 Å². The first kappa shape index (κ1) is 23.6. The summed E-state index contributed by atoms with van der Waals surface area (Å²) in [5, 5.41) is 6.81. The molecule has 0 amide bonds. The Morgan fingerprint density at radius 2 is 1.92 bits per heavy atom. The smallest absolute Gasteiger partial charge is 0.384 e. The molecule has 0 spiro atoms. The summed E-state index contributed by atoms with van der Waals surface area (Å²) in [4.78, 5) is 25.7. The molecule has 0 aliphatic heterocycles. The van der Waals surface area contributed by atoms with E-state index in [1.807, 2.05) is 24.3 Å². The fraction of sp³-hybridized carbons (Fsp3) is 0.321. The van der Waals surface area contributed by atoms with Crippen molar-refractivity contribution in [1.82, 2.24) is 29.7 Å². The molecule has 1 fully saturated rings. The Morgan fingerprint density at radius 3 is 2.65 bits per heavy atom. The summed E-state index contributed by atoms with van der Waals surface area (Å²) in [6.07, 6.45) is 11.2. The number of rotatable bonds is 6. The average Bonchev–Trinajstić information content (AvgIpc) is 3.49. The molecule has 1 aliphatic carbocycles. The SMILES string of the molecule is CC1CCC(Cn2cc(Cc3ccccc3)c3nc(-c4n[nH]c(=O)o4)nc(-c4cncc(Cl)c4)c32)CC1. The maximum atomic E-state index is 11.7. The van der Waals surface area contributed by atoms with Gasteiger partial charge in [0.15, 0.2) is 0 Å². The predicted octanol–water partition coefficient (Wildman–Crippen LogP) is 5.91. The molecule has 1 aliphatic rings. The zero-order chi connectivity index (χ0) is 25.4. The van der Waals surface area contributed by atoms with Crippen LogP contribution in [0.1, 0.15) is 43.7 Å². The van der Waals surface area contributed by atoms with Crippen molar-refractivity contribution in [2.24, 2.45) is 11.8 Å². The van der Waals surface area contributed by atoms with Crippen LogP contribution >= 0.6 is 11.6 Å². The molecule has 4 heterocycles. The van der Waals surface area contributed by atoms with E-state index in [9.17, 15) is 4.79 Å². The summed E-state index contributed by atoms with van der Waals surface area (Å²) in [6, 6.07) is 12.2. The first-order chi connectivity index (χ1) is 18.0. The van der Waals surface area contributed by atoms with Gasteiger partial charge in [-0.25, -0.2) is 19.9 Å². The van der Waals surface area contributed by atoms with Crippen LogP contribution in [-0.4, -0.2) is 29.7 Å². The summed E-state index contributed by atoms with van der Waals surface area (Å²) in [7, 11) is 0. The lowest BCUT2D eigenvalue weighted by atomic mass is 9.83. The van der Waals surface area contributed by atoms with Crippen LogP contribution in [0.4, 0.5) is 0 Å². The normalized spacial score (nSPS) is 17.9. The second-order valence-electron chi connectivity index (χ2n) is 10.00. The minimum absolute atomic E-state index is 0.0443. The standard InChI is InChI=1S/C28H27ClN6O2/c1-17-7-9-19(10-8-17)15-35-16-21(11-18-5-3-2-4-6-18)24-25(35)23(20-12-22(29)14-30-13-20)31-26(32-24)27-33-34-28(36)37-27/h2-6,12-14,16-17,19H,7-11,15H2,1H3,(H,34,36). The van der Waals surface area contributed by atoms with Crippen LogP contribution in [0.5, 0.6) is 0 Å². The Labute approximate surface area is 218 Å². The maximum Gasteiger partial charge on any atom is 0.434 e. The molecular formula is C28H27ClN6O2. The minimum Gasteiger partial charge on any atom is -0.384 e. The molecule has 0 bridgehead atoms. The zero-order valence-corrected chi connectivity index (χ0v) is 21.3. The van der Waals surface area contributed by atoms with Crippen molar-refractivity contribution in [2.45, 2.75) is 45.6 Å². The van der Waals surface area contributed by atoms with Gasteiger partial charge in [0.2, 0.25) is 5.82 Å². The van der Waals surface area contributed by atoms with Crippen LogP contribution in [0.15, 0.2) is 64.2 Å². The van der Waals surface area contributed by atoms with Gasteiger partial charge in [-0.1, -0.05) is 61.7 Å². The lowest BCUT2D eigenvalue weighted by Crippen LogP contribution is -2.17. The molecule has 188 valence electrons. The third kappa shape index (κ3) is 4.93. The van der Waals surface area contributed by atoms with Gasteiger partial charge in [-0.2, -0.15) is 0 Å². The van der Waals surface area contributed by atoms with E-state index in [-0.39, 0.29) is 11.7 Å². The highest BCUT2D eigenvalue weighted by atomic mass is 35.5. The van der Waals surface area contributed by atoms with Crippen LogP contribution in [0.3, 0.4) is 0 Å². The first-order valence-electron chi connectivity index (χ1n) is 12.6. The Kier molecular flexibility index (Phi) is 6.34. The molecule has 8 nitrogen and oxygen atoms in total. The van der Waals surface area contributed by atoms with Gasteiger partial charge in [-0.3, -0.25) is 4.98 Å². The first-order valence-corrected chi connectivity index (χ1v) is 13.0. The van der Waals surface area contributed by atoms with Crippen molar-refractivity contribution in [3.05, 3.63) is 81.7 Å². The van der Waals surface area contributed by atoms with Crippen molar-refractivity contribution < 1.29 is 4.42 Å². The van der Waals surface area contributed by atoms with Crippen molar-refractivity contribution in [2.75, 3.05) is 0 Å². The van der Waals surface area contributed by atoms with Crippen molar-refractivity contribution in [1.29, 1.82) is 0 Å². The summed E-state index contributed by atoms with van der Waals surface area (Å²) in [5.74, 6) is 1.00. The molecule has 1 N–H and O–H groups in total. The highest BCUT2D eigenvalue weighted by Gasteiger charge is 2.24. The zero-order valence-electron chi connectivity index (χ0n) is 20.5. The second kappa shape index (κ2) is 9.94. The average molecular weight is 515 g/mol. The summed E-state index contributed by atoms with van der Waals surface area (Å²) < 4.78 is 7.53. The Bertz CT molecular complexity index is 1600. The number of aromatic nitrogens is 6. The minimum atomic E-state index is -0.654. The monoisotopic (exact) mass is 514 g/mol. The molecule has 5 aromatic rings. The van der Waals surface area contributed by atoms with Gasteiger partial charge in [-0.05, 0) is 36.3 Å². The molecule has 4 aromatic heterocycles. The number of halogens is 1. The molecule has 0 radical (unpaired) electrons. The van der Waals surface area contributed by atoms with Crippen molar-refractivity contribution in [3.8, 4) is 23.0 Å². The third-order valence-electron chi connectivity index (χ3n) is 7.22. The third-order valence-corrected chi connectivity index (χ3v) is 7.43. The Hall–Kier alpha value is -3.78. The highest BCUT2D eigenvalue weighted by molar-refractivity contribution is 6.30. The number of fused-ring (bicyclic) bond motifs is 1. The number of hydrogen-bond donors (Lipinski definition) is 1. The highest BCUT2D eigenvalue weighted by Crippen LogP contribution is 2.36. The van der Waals surface area contributed by atoms with E-state index in [1.165, 1.54) is 31.2 Å². The van der Waals surface area contributed by atoms with Gasteiger partial charge in [0, 0.05) is 42.7 Å². The van der Waals surface area contributed by atoms with E-state index in [4.69, 9.17) is 26.0 Å². The predicted molar refractivity (Wildman–Crippen MR) is 142 cm³/mol. The van der Waals surface area contributed by atoms with E-state index in [1.54, 1.807) is 12.4 Å².